The molecule has 0 radical (unpaired) electrons. The summed E-state index contributed by atoms with van der Waals surface area (Å²) in [6.07, 6.45) is 2.51. The number of H-pyrrole nitrogens is 1. The van der Waals surface area contributed by atoms with E-state index in [2.05, 4.69) is 48.0 Å². The summed E-state index contributed by atoms with van der Waals surface area (Å²) < 4.78 is 0. The van der Waals surface area contributed by atoms with E-state index < -0.39 is 5.97 Å². The Kier molecular flexibility index (Phi) is 6.83. The van der Waals surface area contributed by atoms with E-state index in [0.29, 0.717) is 22.5 Å². The van der Waals surface area contributed by atoms with Crippen LogP contribution in [0, 0.1) is 0 Å². The molecule has 2 aromatic carbocycles. The number of aryl methyl sites for hydroxylation is 1. The molecular formula is C23H28ClN3O2. The topological polar surface area (TPSA) is 82.3 Å². The lowest BCUT2D eigenvalue weighted by molar-refractivity contribution is 0.0699. The number of aromatic amines is 1. The number of carboxylic acids is 1. The number of carbonyl (C=O) groups is 1. The molecule has 1 heterocycles. The standard InChI is InChI=1S/C23H28ClN3O2/c1-3-27(4-2)16-10-8-15(9-11-16)21-17(7-5-6-14-25)20-18(23(28)29)12-13-19(24)22(20)26-21/h8-13,26H,3-7,14,25H2,1-2H3,(H,28,29). The minimum absolute atomic E-state index is 0.273. The highest BCUT2D eigenvalue weighted by molar-refractivity contribution is 6.36. The van der Waals surface area contributed by atoms with Gasteiger partial charge in [0.25, 0.3) is 0 Å². The largest absolute Gasteiger partial charge is 0.478 e. The van der Waals surface area contributed by atoms with Crippen molar-refractivity contribution in [3.63, 3.8) is 0 Å². The van der Waals surface area contributed by atoms with Gasteiger partial charge in [-0.25, -0.2) is 4.79 Å². The van der Waals surface area contributed by atoms with Crippen LogP contribution in [0.15, 0.2) is 36.4 Å². The molecule has 29 heavy (non-hydrogen) atoms. The predicted molar refractivity (Wildman–Crippen MR) is 121 cm³/mol. The molecule has 0 saturated heterocycles. The molecule has 6 heteroatoms. The maximum Gasteiger partial charge on any atom is 0.336 e. The van der Waals surface area contributed by atoms with E-state index in [4.69, 9.17) is 17.3 Å². The summed E-state index contributed by atoms with van der Waals surface area (Å²) in [6.45, 7) is 6.79. The second kappa shape index (κ2) is 9.33. The summed E-state index contributed by atoms with van der Waals surface area (Å²) in [7, 11) is 0. The Bertz CT molecular complexity index is 992. The maximum absolute atomic E-state index is 11.9. The number of nitrogens with one attached hydrogen (secondary N) is 1. The number of hydrogen-bond donors (Lipinski definition) is 3. The number of aromatic carboxylic acids is 1. The molecule has 154 valence electrons. The quantitative estimate of drug-likeness (QED) is 0.415. The SMILES string of the molecule is CCN(CC)c1ccc(-c2[nH]c3c(Cl)ccc(C(=O)O)c3c2CCCCN)cc1. The van der Waals surface area contributed by atoms with Crippen molar-refractivity contribution in [1.82, 2.24) is 4.98 Å². The lowest BCUT2D eigenvalue weighted by Gasteiger charge is -2.21. The van der Waals surface area contributed by atoms with E-state index in [9.17, 15) is 9.90 Å². The van der Waals surface area contributed by atoms with Crippen LogP contribution >= 0.6 is 11.6 Å². The van der Waals surface area contributed by atoms with Crippen LogP contribution in [0.5, 0.6) is 0 Å². The molecule has 0 unspecified atom stereocenters. The number of halogens is 1. The average molecular weight is 414 g/mol. The Morgan fingerprint density at radius 2 is 1.79 bits per heavy atom. The van der Waals surface area contributed by atoms with E-state index >= 15 is 0 Å². The van der Waals surface area contributed by atoms with Gasteiger partial charge in [0.05, 0.1) is 16.1 Å². The summed E-state index contributed by atoms with van der Waals surface area (Å²) in [5.74, 6) is -0.950. The van der Waals surface area contributed by atoms with Crippen molar-refractivity contribution in [3.05, 3.63) is 52.5 Å². The molecule has 0 amide bonds. The highest BCUT2D eigenvalue weighted by Gasteiger charge is 2.21. The molecule has 0 saturated carbocycles. The van der Waals surface area contributed by atoms with Crippen LogP contribution in [0.1, 0.15) is 42.6 Å². The fourth-order valence-corrected chi connectivity index (χ4v) is 4.09. The van der Waals surface area contributed by atoms with Crippen LogP contribution in [-0.4, -0.2) is 35.7 Å². The first-order valence-electron chi connectivity index (χ1n) is 10.1. The highest BCUT2D eigenvalue weighted by Crippen LogP contribution is 2.37. The summed E-state index contributed by atoms with van der Waals surface area (Å²) in [5, 5.41) is 10.9. The number of nitrogens with zero attached hydrogens (tertiary/aromatic N) is 1. The number of benzene rings is 2. The minimum atomic E-state index is -0.950. The van der Waals surface area contributed by atoms with E-state index in [-0.39, 0.29) is 5.56 Å². The smallest absolute Gasteiger partial charge is 0.336 e. The zero-order valence-electron chi connectivity index (χ0n) is 17.0. The zero-order valence-corrected chi connectivity index (χ0v) is 17.7. The van der Waals surface area contributed by atoms with Crippen LogP contribution in [0.25, 0.3) is 22.2 Å². The maximum atomic E-state index is 11.9. The molecule has 3 aromatic rings. The van der Waals surface area contributed by atoms with Crippen molar-refractivity contribution in [2.24, 2.45) is 5.73 Å². The monoisotopic (exact) mass is 413 g/mol. The number of hydrogen-bond acceptors (Lipinski definition) is 3. The Morgan fingerprint density at radius 1 is 1.10 bits per heavy atom. The minimum Gasteiger partial charge on any atom is -0.478 e. The summed E-state index contributed by atoms with van der Waals surface area (Å²) in [5.41, 5.74) is 10.7. The normalized spacial score (nSPS) is 11.2. The van der Waals surface area contributed by atoms with Crippen molar-refractivity contribution < 1.29 is 9.90 Å². The summed E-state index contributed by atoms with van der Waals surface area (Å²) >= 11 is 6.42. The lowest BCUT2D eigenvalue weighted by atomic mass is 9.97. The molecule has 1 aromatic heterocycles. The van der Waals surface area contributed by atoms with Gasteiger partial charge in [-0.2, -0.15) is 0 Å². The van der Waals surface area contributed by atoms with Gasteiger partial charge in [-0.1, -0.05) is 23.7 Å². The number of aromatic nitrogens is 1. The Morgan fingerprint density at radius 3 is 2.38 bits per heavy atom. The molecule has 3 rings (SSSR count). The van der Waals surface area contributed by atoms with Gasteiger partial charge in [0.15, 0.2) is 0 Å². The van der Waals surface area contributed by atoms with Gasteiger partial charge in [0.2, 0.25) is 0 Å². The summed E-state index contributed by atoms with van der Waals surface area (Å²) in [4.78, 5) is 17.6. The number of rotatable bonds is 9. The third-order valence-electron chi connectivity index (χ3n) is 5.40. The Labute approximate surface area is 176 Å². The van der Waals surface area contributed by atoms with Gasteiger partial charge >= 0.3 is 5.97 Å². The third-order valence-corrected chi connectivity index (χ3v) is 5.72. The fourth-order valence-electron chi connectivity index (χ4n) is 3.89. The molecule has 0 aliphatic rings. The van der Waals surface area contributed by atoms with E-state index in [1.807, 2.05) is 0 Å². The Hall–Kier alpha value is -2.50. The van der Waals surface area contributed by atoms with E-state index in [0.717, 1.165) is 49.2 Å². The van der Waals surface area contributed by atoms with Crippen molar-refractivity contribution in [2.75, 3.05) is 24.5 Å². The van der Waals surface area contributed by atoms with E-state index in [1.165, 1.54) is 5.69 Å². The zero-order chi connectivity index (χ0) is 21.0. The molecule has 0 fully saturated rings. The first-order valence-corrected chi connectivity index (χ1v) is 10.5. The van der Waals surface area contributed by atoms with Crippen molar-refractivity contribution in [3.8, 4) is 11.3 Å². The van der Waals surface area contributed by atoms with E-state index in [1.54, 1.807) is 12.1 Å². The number of fused-ring (bicyclic) bond motifs is 1. The van der Waals surface area contributed by atoms with Crippen molar-refractivity contribution >= 4 is 34.2 Å². The van der Waals surface area contributed by atoms with Crippen LogP contribution < -0.4 is 10.6 Å². The van der Waals surface area contributed by atoms with Crippen molar-refractivity contribution in [1.29, 1.82) is 0 Å². The molecule has 0 aliphatic heterocycles. The first kappa shape index (κ1) is 21.2. The number of carboxylic acid groups (broad SMARTS) is 1. The molecule has 4 N–H and O–H groups in total. The van der Waals surface area contributed by atoms with Crippen molar-refractivity contribution in [2.45, 2.75) is 33.1 Å². The van der Waals surface area contributed by atoms with Crippen LogP contribution in [0.4, 0.5) is 5.69 Å². The molecule has 0 atom stereocenters. The number of nitrogens with two attached hydrogens (primary N) is 1. The molecule has 0 bridgehead atoms. The van der Waals surface area contributed by atoms with Crippen LogP contribution in [0.3, 0.4) is 0 Å². The van der Waals surface area contributed by atoms with Gasteiger partial charge in [0, 0.05) is 29.9 Å². The molecule has 5 nitrogen and oxygen atoms in total. The van der Waals surface area contributed by atoms with Crippen LogP contribution in [0.2, 0.25) is 5.02 Å². The predicted octanol–water partition coefficient (Wildman–Crippen LogP) is 5.31. The van der Waals surface area contributed by atoms with Gasteiger partial charge < -0.3 is 20.7 Å². The second-order valence-corrected chi connectivity index (χ2v) is 7.50. The first-order chi connectivity index (χ1) is 14.0. The number of unbranched alkanes of at least 4 members (excludes halogenated alkanes) is 1. The lowest BCUT2D eigenvalue weighted by Crippen LogP contribution is -2.21. The third kappa shape index (κ3) is 4.26. The average Bonchev–Trinajstić information content (AvgIpc) is 3.10. The second-order valence-electron chi connectivity index (χ2n) is 7.09. The van der Waals surface area contributed by atoms with Gasteiger partial charge in [-0.05, 0) is 75.0 Å². The van der Waals surface area contributed by atoms with Gasteiger partial charge in [0.1, 0.15) is 0 Å². The Balaban J connectivity index is 2.16. The molecular weight excluding hydrogens is 386 g/mol. The molecule has 0 aliphatic carbocycles. The fraction of sp³-hybridized carbons (Fsp3) is 0.348. The summed E-state index contributed by atoms with van der Waals surface area (Å²) in [6, 6.07) is 11.6. The van der Waals surface area contributed by atoms with Gasteiger partial charge in [-0.15, -0.1) is 0 Å². The highest BCUT2D eigenvalue weighted by atomic mass is 35.5. The van der Waals surface area contributed by atoms with Crippen LogP contribution in [-0.2, 0) is 6.42 Å². The number of anilines is 1. The molecule has 0 spiro atoms. The van der Waals surface area contributed by atoms with Gasteiger partial charge in [-0.3, -0.25) is 0 Å².